The van der Waals surface area contributed by atoms with Crippen molar-refractivity contribution in [1.29, 1.82) is 0 Å². The van der Waals surface area contributed by atoms with Crippen molar-refractivity contribution in [3.8, 4) is 23.0 Å². The Morgan fingerprint density at radius 2 is 1.63 bits per heavy atom. The van der Waals surface area contributed by atoms with Crippen molar-refractivity contribution in [2.24, 2.45) is 0 Å². The smallest absolute Gasteiger partial charge is 0.295 e. The van der Waals surface area contributed by atoms with Crippen LogP contribution in [0.25, 0.3) is 5.76 Å². The van der Waals surface area contributed by atoms with Gasteiger partial charge >= 0.3 is 0 Å². The molecule has 1 aliphatic heterocycles. The van der Waals surface area contributed by atoms with Gasteiger partial charge in [0.15, 0.2) is 11.5 Å². The Hall–Kier alpha value is -4.46. The van der Waals surface area contributed by atoms with E-state index in [1.807, 2.05) is 25.1 Å². The fourth-order valence-corrected chi connectivity index (χ4v) is 4.79. The van der Waals surface area contributed by atoms with Crippen LogP contribution in [0.3, 0.4) is 0 Å². The summed E-state index contributed by atoms with van der Waals surface area (Å²) in [4.78, 5) is 28.4. The standard InChI is InChI=1S/C30H31NO7/c1-6-38-25-15-19(11-12-22(25)32)27-26(28(33)21-13-18(3)24(37-5)14-17(21)2)29(34)30(35)31(27)16-20-9-7-8-10-23(20)36-4/h7-15,27,32-33H,6,16H2,1-5H3/b28-26+. The Kier molecular flexibility index (Phi) is 7.62. The third kappa shape index (κ3) is 4.77. The van der Waals surface area contributed by atoms with Gasteiger partial charge in [0.25, 0.3) is 11.7 Å². The number of rotatable bonds is 8. The Balaban J connectivity index is 1.94. The minimum Gasteiger partial charge on any atom is -0.507 e. The van der Waals surface area contributed by atoms with E-state index in [0.717, 1.165) is 5.56 Å². The number of phenolic OH excluding ortho intramolecular Hbond substituents is 1. The summed E-state index contributed by atoms with van der Waals surface area (Å²) in [6.45, 7) is 5.78. The first-order valence-corrected chi connectivity index (χ1v) is 12.2. The summed E-state index contributed by atoms with van der Waals surface area (Å²) in [5, 5.41) is 21.8. The molecule has 0 bridgehead atoms. The molecule has 198 valence electrons. The highest BCUT2D eigenvalue weighted by atomic mass is 16.5. The maximum Gasteiger partial charge on any atom is 0.295 e. The number of amides is 1. The maximum absolute atomic E-state index is 13.5. The molecule has 1 amide bonds. The predicted molar refractivity (Wildman–Crippen MR) is 143 cm³/mol. The van der Waals surface area contributed by atoms with Gasteiger partial charge in [0.2, 0.25) is 0 Å². The molecule has 1 aliphatic rings. The van der Waals surface area contributed by atoms with Gasteiger partial charge in [0.1, 0.15) is 17.3 Å². The van der Waals surface area contributed by atoms with Crippen molar-refractivity contribution in [2.45, 2.75) is 33.4 Å². The number of carbonyl (C=O) groups excluding carboxylic acids is 2. The molecule has 0 saturated carbocycles. The van der Waals surface area contributed by atoms with Crippen LogP contribution in [-0.2, 0) is 16.1 Å². The normalized spacial score (nSPS) is 16.6. The zero-order chi connectivity index (χ0) is 27.6. The number of hydrogen-bond donors (Lipinski definition) is 2. The summed E-state index contributed by atoms with van der Waals surface area (Å²) in [6.07, 6.45) is 0. The number of methoxy groups -OCH3 is 2. The van der Waals surface area contributed by atoms with Crippen molar-refractivity contribution in [2.75, 3.05) is 20.8 Å². The summed E-state index contributed by atoms with van der Waals surface area (Å²) in [7, 11) is 3.10. The molecular weight excluding hydrogens is 486 g/mol. The third-order valence-corrected chi connectivity index (χ3v) is 6.67. The molecule has 1 heterocycles. The summed E-state index contributed by atoms with van der Waals surface area (Å²) in [5.74, 6) is -0.492. The number of carbonyl (C=O) groups is 2. The first-order chi connectivity index (χ1) is 18.2. The Labute approximate surface area is 221 Å². The van der Waals surface area contributed by atoms with E-state index < -0.39 is 17.7 Å². The van der Waals surface area contributed by atoms with Crippen LogP contribution in [0, 0.1) is 13.8 Å². The molecule has 0 aliphatic carbocycles. The first-order valence-electron chi connectivity index (χ1n) is 12.2. The predicted octanol–water partition coefficient (Wildman–Crippen LogP) is 5.05. The van der Waals surface area contributed by atoms with Crippen LogP contribution < -0.4 is 14.2 Å². The number of phenols is 1. The van der Waals surface area contributed by atoms with Crippen molar-refractivity contribution in [3.05, 3.63) is 88.0 Å². The molecule has 0 radical (unpaired) electrons. The van der Waals surface area contributed by atoms with E-state index >= 15 is 0 Å². The van der Waals surface area contributed by atoms with Gasteiger partial charge in [0, 0.05) is 11.1 Å². The maximum atomic E-state index is 13.5. The van der Waals surface area contributed by atoms with Crippen LogP contribution in [0.15, 0.2) is 60.2 Å². The summed E-state index contributed by atoms with van der Waals surface area (Å²) in [6, 6.07) is 14.4. The monoisotopic (exact) mass is 517 g/mol. The minimum absolute atomic E-state index is 0.0503. The second kappa shape index (κ2) is 10.9. The van der Waals surface area contributed by atoms with Gasteiger partial charge in [-0.15, -0.1) is 0 Å². The van der Waals surface area contributed by atoms with E-state index in [1.54, 1.807) is 51.3 Å². The second-order valence-electron chi connectivity index (χ2n) is 9.04. The van der Waals surface area contributed by atoms with E-state index in [0.29, 0.717) is 40.4 Å². The van der Waals surface area contributed by atoms with E-state index in [2.05, 4.69) is 0 Å². The first kappa shape index (κ1) is 26.6. The second-order valence-corrected chi connectivity index (χ2v) is 9.04. The number of hydrogen-bond acceptors (Lipinski definition) is 7. The summed E-state index contributed by atoms with van der Waals surface area (Å²) < 4.78 is 16.4. The number of nitrogens with zero attached hydrogens (tertiary/aromatic N) is 1. The number of aliphatic hydroxyl groups is 1. The van der Waals surface area contributed by atoms with Crippen molar-refractivity contribution >= 4 is 17.4 Å². The van der Waals surface area contributed by atoms with Crippen LogP contribution in [0.2, 0.25) is 0 Å². The lowest BCUT2D eigenvalue weighted by Crippen LogP contribution is -2.29. The number of ether oxygens (including phenoxy) is 3. The largest absolute Gasteiger partial charge is 0.507 e. The van der Waals surface area contributed by atoms with Crippen molar-refractivity contribution < 1.29 is 34.0 Å². The minimum atomic E-state index is -0.943. The van der Waals surface area contributed by atoms with Crippen molar-refractivity contribution in [1.82, 2.24) is 4.90 Å². The topological polar surface area (TPSA) is 106 Å². The molecular formula is C30H31NO7. The molecule has 1 atom stereocenters. The lowest BCUT2D eigenvalue weighted by molar-refractivity contribution is -0.140. The van der Waals surface area contributed by atoms with Crippen LogP contribution >= 0.6 is 0 Å². The van der Waals surface area contributed by atoms with Crippen LogP contribution in [0.1, 0.15) is 40.8 Å². The Morgan fingerprint density at radius 3 is 2.32 bits per heavy atom. The summed E-state index contributed by atoms with van der Waals surface area (Å²) >= 11 is 0. The molecule has 4 rings (SSSR count). The molecule has 0 spiro atoms. The molecule has 8 nitrogen and oxygen atoms in total. The molecule has 3 aromatic rings. The summed E-state index contributed by atoms with van der Waals surface area (Å²) in [5.41, 5.74) is 3.02. The molecule has 3 aromatic carbocycles. The molecule has 0 aromatic heterocycles. The van der Waals surface area contributed by atoms with Crippen LogP contribution in [0.4, 0.5) is 0 Å². The van der Waals surface area contributed by atoms with E-state index in [9.17, 15) is 19.8 Å². The van der Waals surface area contributed by atoms with Gasteiger partial charge in [-0.25, -0.2) is 0 Å². The van der Waals surface area contributed by atoms with Crippen LogP contribution in [0.5, 0.6) is 23.0 Å². The highest BCUT2D eigenvalue weighted by Gasteiger charge is 2.46. The molecule has 8 heteroatoms. The van der Waals surface area contributed by atoms with Gasteiger partial charge in [0.05, 0.1) is 39.0 Å². The zero-order valence-electron chi connectivity index (χ0n) is 22.1. The highest BCUT2D eigenvalue weighted by molar-refractivity contribution is 6.46. The lowest BCUT2D eigenvalue weighted by Gasteiger charge is -2.26. The molecule has 1 saturated heterocycles. The molecule has 1 fully saturated rings. The average Bonchev–Trinajstić information content (AvgIpc) is 3.16. The molecule has 38 heavy (non-hydrogen) atoms. The van der Waals surface area contributed by atoms with Gasteiger partial charge in [-0.2, -0.15) is 0 Å². The number of likely N-dealkylation sites (tertiary alicyclic amines) is 1. The van der Waals surface area contributed by atoms with E-state index in [1.165, 1.54) is 18.1 Å². The fourth-order valence-electron chi connectivity index (χ4n) is 4.79. The van der Waals surface area contributed by atoms with Crippen LogP contribution in [-0.4, -0.2) is 47.6 Å². The van der Waals surface area contributed by atoms with E-state index in [4.69, 9.17) is 14.2 Å². The number of Topliss-reactive ketones (excluding diaryl/α,β-unsaturated/α-hetero) is 1. The van der Waals surface area contributed by atoms with Crippen molar-refractivity contribution in [3.63, 3.8) is 0 Å². The Morgan fingerprint density at radius 1 is 0.921 bits per heavy atom. The lowest BCUT2D eigenvalue weighted by atomic mass is 9.92. The third-order valence-electron chi connectivity index (χ3n) is 6.67. The molecule has 1 unspecified atom stereocenters. The molecule has 2 N–H and O–H groups in total. The average molecular weight is 518 g/mol. The number of aryl methyl sites for hydroxylation is 2. The number of benzene rings is 3. The number of para-hydroxylation sites is 1. The zero-order valence-corrected chi connectivity index (χ0v) is 22.1. The van der Waals surface area contributed by atoms with Gasteiger partial charge < -0.3 is 29.3 Å². The van der Waals surface area contributed by atoms with E-state index in [-0.39, 0.29) is 29.4 Å². The van der Waals surface area contributed by atoms with Gasteiger partial charge in [-0.3, -0.25) is 9.59 Å². The highest BCUT2D eigenvalue weighted by Crippen LogP contribution is 2.43. The quantitative estimate of drug-likeness (QED) is 0.245. The number of aliphatic hydroxyl groups excluding tert-OH is 1. The fraction of sp³-hybridized carbons (Fsp3) is 0.267. The number of aromatic hydroxyl groups is 1. The number of ketones is 1. The van der Waals surface area contributed by atoms with Gasteiger partial charge in [-0.1, -0.05) is 24.3 Å². The van der Waals surface area contributed by atoms with Gasteiger partial charge in [-0.05, 0) is 67.8 Å². The Bertz CT molecular complexity index is 1430. The SMILES string of the molecule is CCOc1cc(C2/C(=C(\O)c3cc(C)c(OC)cc3C)C(=O)C(=O)N2Cc2ccccc2OC)ccc1O.